The van der Waals surface area contributed by atoms with Crippen molar-refractivity contribution in [2.24, 2.45) is 17.8 Å². The van der Waals surface area contributed by atoms with E-state index in [4.69, 9.17) is 10.00 Å². The van der Waals surface area contributed by atoms with E-state index >= 15 is 0 Å². The molecule has 2 aliphatic carbocycles. The zero-order chi connectivity index (χ0) is 11.2. The van der Waals surface area contributed by atoms with E-state index in [1.807, 2.05) is 6.07 Å². The third kappa shape index (κ3) is 2.87. The van der Waals surface area contributed by atoms with Gasteiger partial charge in [-0.3, -0.25) is 0 Å². The molecular formula is C14H17NO. The Kier molecular flexibility index (Phi) is 4.03. The number of hydrogen-bond donors (Lipinski definition) is 0. The topological polar surface area (TPSA) is 33.0 Å². The Balaban J connectivity index is 1.59. The molecule has 84 valence electrons. The minimum atomic E-state index is 0.457. The molecular weight excluding hydrogens is 198 g/mol. The molecule has 0 aliphatic heterocycles. The predicted octanol–water partition coefficient (Wildman–Crippen LogP) is 2.52. The van der Waals surface area contributed by atoms with Crippen LogP contribution in [0.3, 0.4) is 0 Å². The Morgan fingerprint density at radius 2 is 2.19 bits per heavy atom. The monoisotopic (exact) mass is 215 g/mol. The van der Waals surface area contributed by atoms with E-state index < -0.39 is 0 Å². The molecule has 0 saturated heterocycles. The summed E-state index contributed by atoms with van der Waals surface area (Å²) in [5.41, 5.74) is 0. The third-order valence-corrected chi connectivity index (χ3v) is 3.44. The third-order valence-electron chi connectivity index (χ3n) is 3.44. The Hall–Kier alpha value is -1.25. The summed E-state index contributed by atoms with van der Waals surface area (Å²) in [5.74, 6) is 8.63. The van der Waals surface area contributed by atoms with Crippen molar-refractivity contribution in [2.75, 3.05) is 13.2 Å². The summed E-state index contributed by atoms with van der Waals surface area (Å²) in [6.45, 7) is 0.973. The van der Waals surface area contributed by atoms with Crippen molar-refractivity contribution in [3.8, 4) is 17.9 Å². The molecule has 2 bridgehead atoms. The summed E-state index contributed by atoms with van der Waals surface area (Å²) in [5, 5.41) is 8.30. The number of ether oxygens (including phenoxy) is 1. The van der Waals surface area contributed by atoms with Gasteiger partial charge in [-0.05, 0) is 30.6 Å². The highest BCUT2D eigenvalue weighted by Gasteiger charge is 2.34. The molecule has 0 amide bonds. The second-order valence-electron chi connectivity index (χ2n) is 4.56. The number of hydrogen-bond acceptors (Lipinski definition) is 2. The van der Waals surface area contributed by atoms with Crippen LogP contribution in [0.2, 0.25) is 0 Å². The van der Waals surface area contributed by atoms with Crippen LogP contribution >= 0.6 is 0 Å². The van der Waals surface area contributed by atoms with Gasteiger partial charge in [-0.25, -0.2) is 0 Å². The van der Waals surface area contributed by atoms with Crippen LogP contribution in [0.1, 0.15) is 25.7 Å². The minimum Gasteiger partial charge on any atom is -0.368 e. The van der Waals surface area contributed by atoms with Gasteiger partial charge in [0.25, 0.3) is 0 Å². The number of rotatable bonds is 4. The molecule has 0 radical (unpaired) electrons. The lowest BCUT2D eigenvalue weighted by Gasteiger charge is -2.14. The zero-order valence-electron chi connectivity index (χ0n) is 9.48. The first-order valence-corrected chi connectivity index (χ1v) is 5.99. The number of nitrogens with zero attached hydrogens (tertiary/aromatic N) is 1. The Morgan fingerprint density at radius 3 is 2.88 bits per heavy atom. The summed E-state index contributed by atoms with van der Waals surface area (Å²) < 4.78 is 5.19. The first-order chi connectivity index (χ1) is 7.90. The van der Waals surface area contributed by atoms with Crippen molar-refractivity contribution >= 4 is 0 Å². The average molecular weight is 215 g/mol. The summed E-state index contributed by atoms with van der Waals surface area (Å²) >= 11 is 0. The van der Waals surface area contributed by atoms with E-state index in [1.165, 1.54) is 12.8 Å². The maximum atomic E-state index is 8.30. The van der Waals surface area contributed by atoms with E-state index in [0.717, 1.165) is 24.2 Å². The Bertz CT molecular complexity index is 355. The van der Waals surface area contributed by atoms with Crippen molar-refractivity contribution in [2.45, 2.75) is 25.7 Å². The van der Waals surface area contributed by atoms with Gasteiger partial charge in [-0.15, -0.1) is 5.92 Å². The van der Waals surface area contributed by atoms with Gasteiger partial charge in [0, 0.05) is 6.42 Å². The largest absolute Gasteiger partial charge is 0.368 e. The fourth-order valence-corrected chi connectivity index (χ4v) is 2.62. The Morgan fingerprint density at radius 1 is 1.25 bits per heavy atom. The maximum Gasteiger partial charge on any atom is 0.107 e. The molecule has 2 nitrogen and oxygen atoms in total. The van der Waals surface area contributed by atoms with Gasteiger partial charge in [0.2, 0.25) is 0 Å². The summed E-state index contributed by atoms with van der Waals surface area (Å²) in [6.07, 6.45) is 8.87. The van der Waals surface area contributed by atoms with Crippen molar-refractivity contribution < 1.29 is 4.74 Å². The molecule has 0 aromatic rings. The minimum absolute atomic E-state index is 0.457. The van der Waals surface area contributed by atoms with Crippen LogP contribution in [-0.4, -0.2) is 13.2 Å². The van der Waals surface area contributed by atoms with Crippen LogP contribution in [0.25, 0.3) is 0 Å². The van der Waals surface area contributed by atoms with Crippen LogP contribution in [0.15, 0.2) is 12.2 Å². The molecule has 0 aromatic carbocycles. The lowest BCUT2D eigenvalue weighted by Crippen LogP contribution is -2.05. The van der Waals surface area contributed by atoms with E-state index in [1.54, 1.807) is 0 Å². The van der Waals surface area contributed by atoms with Gasteiger partial charge >= 0.3 is 0 Å². The molecule has 3 atom stereocenters. The lowest BCUT2D eigenvalue weighted by atomic mass is 9.91. The normalized spacial score (nSPS) is 29.8. The molecule has 0 aromatic heterocycles. The van der Waals surface area contributed by atoms with E-state index in [-0.39, 0.29) is 0 Å². The fraction of sp³-hybridized carbons (Fsp3) is 0.643. The van der Waals surface area contributed by atoms with Crippen LogP contribution in [-0.2, 0) is 4.74 Å². The SMILES string of the molecule is N#CCCOCC#CC[C@H]1C[C@H]2C=C[C@H]1C2. The smallest absolute Gasteiger partial charge is 0.107 e. The summed E-state index contributed by atoms with van der Waals surface area (Å²) in [7, 11) is 0. The van der Waals surface area contributed by atoms with Crippen molar-refractivity contribution in [1.29, 1.82) is 5.26 Å². The average Bonchev–Trinajstić information content (AvgIpc) is 2.90. The highest BCUT2D eigenvalue weighted by atomic mass is 16.5. The standard InChI is InChI=1S/C14H17NO/c15-7-3-9-16-8-2-1-4-13-10-12-5-6-14(13)11-12/h5-6,12-14H,3-4,8-11H2/t12-,13+,14+/m1/s1. The first kappa shape index (κ1) is 11.2. The van der Waals surface area contributed by atoms with Gasteiger partial charge in [0.1, 0.15) is 6.61 Å². The summed E-state index contributed by atoms with van der Waals surface area (Å²) in [6, 6.07) is 2.04. The van der Waals surface area contributed by atoms with Crippen LogP contribution in [0, 0.1) is 40.9 Å². The molecule has 0 N–H and O–H groups in total. The predicted molar refractivity (Wildman–Crippen MR) is 62.3 cm³/mol. The number of allylic oxidation sites excluding steroid dienone is 2. The van der Waals surface area contributed by atoms with Gasteiger partial charge in [-0.1, -0.05) is 18.1 Å². The van der Waals surface area contributed by atoms with Gasteiger partial charge in [0.15, 0.2) is 0 Å². The van der Waals surface area contributed by atoms with Crippen molar-refractivity contribution in [3.05, 3.63) is 12.2 Å². The van der Waals surface area contributed by atoms with E-state index in [2.05, 4.69) is 24.0 Å². The number of fused-ring (bicyclic) bond motifs is 2. The number of nitriles is 1. The Labute approximate surface area is 97.3 Å². The van der Waals surface area contributed by atoms with Crippen LogP contribution in [0.4, 0.5) is 0 Å². The zero-order valence-corrected chi connectivity index (χ0v) is 9.48. The molecule has 0 heterocycles. The molecule has 0 unspecified atom stereocenters. The van der Waals surface area contributed by atoms with Crippen molar-refractivity contribution in [1.82, 2.24) is 0 Å². The molecule has 1 saturated carbocycles. The summed E-state index contributed by atoms with van der Waals surface area (Å²) in [4.78, 5) is 0. The second-order valence-corrected chi connectivity index (χ2v) is 4.56. The maximum absolute atomic E-state index is 8.30. The molecule has 2 rings (SSSR count). The van der Waals surface area contributed by atoms with E-state index in [0.29, 0.717) is 19.6 Å². The van der Waals surface area contributed by atoms with Gasteiger partial charge < -0.3 is 4.74 Å². The lowest BCUT2D eigenvalue weighted by molar-refractivity contribution is 0.173. The van der Waals surface area contributed by atoms with Gasteiger partial charge in [0.05, 0.1) is 19.1 Å². The highest BCUT2D eigenvalue weighted by Crippen LogP contribution is 2.44. The van der Waals surface area contributed by atoms with Crippen LogP contribution < -0.4 is 0 Å². The van der Waals surface area contributed by atoms with Gasteiger partial charge in [-0.2, -0.15) is 5.26 Å². The highest BCUT2D eigenvalue weighted by molar-refractivity contribution is 5.13. The molecule has 2 aliphatic rings. The van der Waals surface area contributed by atoms with Crippen molar-refractivity contribution in [3.63, 3.8) is 0 Å². The molecule has 16 heavy (non-hydrogen) atoms. The quantitative estimate of drug-likeness (QED) is 0.410. The molecule has 1 fully saturated rings. The van der Waals surface area contributed by atoms with E-state index in [9.17, 15) is 0 Å². The van der Waals surface area contributed by atoms with Crippen LogP contribution in [0.5, 0.6) is 0 Å². The molecule has 2 heteroatoms. The molecule has 0 spiro atoms. The fourth-order valence-electron chi connectivity index (χ4n) is 2.62. The first-order valence-electron chi connectivity index (χ1n) is 5.99. The second kappa shape index (κ2) is 5.73.